The van der Waals surface area contributed by atoms with E-state index in [1.807, 2.05) is 6.07 Å². The van der Waals surface area contributed by atoms with Gasteiger partial charge in [0.1, 0.15) is 6.07 Å². The van der Waals surface area contributed by atoms with Crippen LogP contribution in [0.5, 0.6) is 0 Å². The Balaban J connectivity index is 2.09. The average molecular weight is 273 g/mol. The van der Waals surface area contributed by atoms with Gasteiger partial charge in [0.05, 0.1) is 16.2 Å². The number of anilines is 1. The highest BCUT2D eigenvalue weighted by atomic mass is 16.6. The maximum Gasteiger partial charge on any atom is 0.270 e. The molecule has 5 heteroatoms. The molecule has 0 aromatic heterocycles. The van der Waals surface area contributed by atoms with Gasteiger partial charge < -0.3 is 5.32 Å². The molecule has 1 aromatic carbocycles. The molecule has 0 spiro atoms. The molecule has 0 radical (unpaired) electrons. The van der Waals surface area contributed by atoms with Gasteiger partial charge in [-0.3, -0.25) is 10.1 Å². The van der Waals surface area contributed by atoms with Crippen LogP contribution in [0.15, 0.2) is 18.2 Å². The summed E-state index contributed by atoms with van der Waals surface area (Å²) in [7, 11) is 0. The van der Waals surface area contributed by atoms with Crippen LogP contribution in [0.2, 0.25) is 0 Å². The van der Waals surface area contributed by atoms with Gasteiger partial charge in [0.25, 0.3) is 5.69 Å². The van der Waals surface area contributed by atoms with E-state index in [9.17, 15) is 10.1 Å². The third-order valence-corrected chi connectivity index (χ3v) is 4.10. The number of nitrogens with zero attached hydrogens (tertiary/aromatic N) is 2. The molecule has 106 valence electrons. The summed E-state index contributed by atoms with van der Waals surface area (Å²) < 4.78 is 0. The van der Waals surface area contributed by atoms with Gasteiger partial charge in [-0.15, -0.1) is 0 Å². The van der Waals surface area contributed by atoms with Crippen molar-refractivity contribution in [3.8, 4) is 6.07 Å². The zero-order valence-electron chi connectivity index (χ0n) is 11.7. The Labute approximate surface area is 118 Å². The first-order valence-corrected chi connectivity index (χ1v) is 6.96. The molecule has 0 heterocycles. The fourth-order valence-corrected chi connectivity index (χ4v) is 2.78. The van der Waals surface area contributed by atoms with Crippen molar-refractivity contribution >= 4 is 11.4 Å². The average Bonchev–Trinajstić information content (AvgIpc) is 2.45. The first-order valence-electron chi connectivity index (χ1n) is 6.96. The van der Waals surface area contributed by atoms with Crippen LogP contribution in [0.25, 0.3) is 0 Å². The number of nitrogens with one attached hydrogen (secondary N) is 1. The number of benzene rings is 1. The van der Waals surface area contributed by atoms with Crippen LogP contribution < -0.4 is 5.32 Å². The minimum absolute atomic E-state index is 0.0454. The van der Waals surface area contributed by atoms with Crippen molar-refractivity contribution in [3.05, 3.63) is 33.9 Å². The number of non-ortho nitro benzene ring substituents is 1. The molecule has 1 aromatic rings. The van der Waals surface area contributed by atoms with Crippen LogP contribution in [-0.4, -0.2) is 11.5 Å². The highest BCUT2D eigenvalue weighted by Crippen LogP contribution is 2.36. The molecule has 20 heavy (non-hydrogen) atoms. The van der Waals surface area contributed by atoms with Crippen molar-refractivity contribution in [2.45, 2.75) is 39.0 Å². The number of nitro groups is 1. The molecule has 0 atom stereocenters. The van der Waals surface area contributed by atoms with Crippen LogP contribution in [0, 0.1) is 26.9 Å². The van der Waals surface area contributed by atoms with Crippen LogP contribution in [0.4, 0.5) is 11.4 Å². The summed E-state index contributed by atoms with van der Waals surface area (Å²) in [5, 5.41) is 23.1. The minimum atomic E-state index is -0.479. The second-order valence-corrected chi connectivity index (χ2v) is 5.82. The number of rotatable bonds is 4. The topological polar surface area (TPSA) is 79.0 Å². The molecule has 0 aliphatic heterocycles. The third-order valence-electron chi connectivity index (χ3n) is 4.10. The molecule has 0 bridgehead atoms. The second kappa shape index (κ2) is 5.91. The van der Waals surface area contributed by atoms with E-state index in [2.05, 4.69) is 12.2 Å². The summed E-state index contributed by atoms with van der Waals surface area (Å²) in [5.74, 6) is 0. The van der Waals surface area contributed by atoms with E-state index < -0.39 is 4.92 Å². The number of nitro benzene ring substituents is 1. The fraction of sp³-hybridized carbons (Fsp3) is 0.533. The van der Waals surface area contributed by atoms with Crippen LogP contribution in [0.1, 0.15) is 44.6 Å². The molecule has 1 N–H and O–H groups in total. The summed E-state index contributed by atoms with van der Waals surface area (Å²) >= 11 is 0. The molecule has 1 aliphatic rings. The highest BCUT2D eigenvalue weighted by molar-refractivity contribution is 5.61. The van der Waals surface area contributed by atoms with Crippen LogP contribution in [-0.2, 0) is 0 Å². The lowest BCUT2D eigenvalue weighted by atomic mass is 9.75. The molecule has 1 aliphatic carbocycles. The monoisotopic (exact) mass is 273 g/mol. The summed E-state index contributed by atoms with van der Waals surface area (Å²) in [6.07, 6.45) is 6.19. The Morgan fingerprint density at radius 1 is 1.40 bits per heavy atom. The molecule has 1 saturated carbocycles. The van der Waals surface area contributed by atoms with Crippen molar-refractivity contribution in [2.24, 2.45) is 5.41 Å². The van der Waals surface area contributed by atoms with E-state index in [-0.39, 0.29) is 11.1 Å². The van der Waals surface area contributed by atoms with Crippen LogP contribution in [0.3, 0.4) is 0 Å². The predicted molar refractivity (Wildman–Crippen MR) is 77.5 cm³/mol. The SMILES string of the molecule is CC1(CNc2ccc([N+](=O)[O-])cc2C#N)CCCCC1. The lowest BCUT2D eigenvalue weighted by molar-refractivity contribution is -0.384. The van der Waals surface area contributed by atoms with Gasteiger partial charge >= 0.3 is 0 Å². The molecule has 0 unspecified atom stereocenters. The van der Waals surface area contributed by atoms with Crippen molar-refractivity contribution in [2.75, 3.05) is 11.9 Å². The van der Waals surface area contributed by atoms with Crippen LogP contribution >= 0.6 is 0 Å². The van der Waals surface area contributed by atoms with Gasteiger partial charge in [0.15, 0.2) is 0 Å². The van der Waals surface area contributed by atoms with Gasteiger partial charge in [-0.1, -0.05) is 26.2 Å². The Morgan fingerprint density at radius 3 is 2.70 bits per heavy atom. The first-order chi connectivity index (χ1) is 9.54. The molecule has 1 fully saturated rings. The standard InChI is InChI=1S/C15H19N3O2/c1-15(7-3-2-4-8-15)11-17-14-6-5-13(18(19)20)9-12(14)10-16/h5-6,9,17H,2-4,7-8,11H2,1H3. The summed E-state index contributed by atoms with van der Waals surface area (Å²) in [5.41, 5.74) is 1.23. The van der Waals surface area contributed by atoms with Crippen molar-refractivity contribution in [3.63, 3.8) is 0 Å². The zero-order chi connectivity index (χ0) is 14.6. The Kier molecular flexibility index (Phi) is 4.23. The number of hydrogen-bond acceptors (Lipinski definition) is 4. The van der Waals surface area contributed by atoms with Gasteiger partial charge in [-0.2, -0.15) is 5.26 Å². The molecular weight excluding hydrogens is 254 g/mol. The minimum Gasteiger partial charge on any atom is -0.383 e. The third kappa shape index (κ3) is 3.27. The zero-order valence-corrected chi connectivity index (χ0v) is 11.7. The van der Waals surface area contributed by atoms with E-state index >= 15 is 0 Å². The van der Waals surface area contributed by atoms with Crippen molar-refractivity contribution in [1.82, 2.24) is 0 Å². The summed E-state index contributed by atoms with van der Waals surface area (Å²) in [4.78, 5) is 10.2. The lowest BCUT2D eigenvalue weighted by Crippen LogP contribution is -2.29. The quantitative estimate of drug-likeness (QED) is 0.667. The van der Waals surface area contributed by atoms with Gasteiger partial charge in [-0.05, 0) is 24.3 Å². The molecule has 0 saturated heterocycles. The Morgan fingerprint density at radius 2 is 2.10 bits per heavy atom. The predicted octanol–water partition coefficient (Wildman–Crippen LogP) is 3.85. The normalized spacial score (nSPS) is 17.2. The van der Waals surface area contributed by atoms with E-state index in [1.165, 1.54) is 44.2 Å². The molecular formula is C15H19N3O2. The van der Waals surface area contributed by atoms with Gasteiger partial charge in [0.2, 0.25) is 0 Å². The first kappa shape index (κ1) is 14.3. The van der Waals surface area contributed by atoms with E-state index in [0.29, 0.717) is 11.3 Å². The molecule has 5 nitrogen and oxygen atoms in total. The highest BCUT2D eigenvalue weighted by Gasteiger charge is 2.26. The maximum absolute atomic E-state index is 10.7. The number of hydrogen-bond donors (Lipinski definition) is 1. The number of nitriles is 1. The maximum atomic E-state index is 10.7. The Hall–Kier alpha value is -2.09. The van der Waals surface area contributed by atoms with Crippen molar-refractivity contribution in [1.29, 1.82) is 5.26 Å². The van der Waals surface area contributed by atoms with Crippen molar-refractivity contribution < 1.29 is 4.92 Å². The smallest absolute Gasteiger partial charge is 0.270 e. The largest absolute Gasteiger partial charge is 0.383 e. The second-order valence-electron chi connectivity index (χ2n) is 5.82. The van der Waals surface area contributed by atoms with E-state index in [4.69, 9.17) is 5.26 Å². The lowest BCUT2D eigenvalue weighted by Gasteiger charge is -2.34. The van der Waals surface area contributed by atoms with E-state index in [1.54, 1.807) is 6.07 Å². The Bertz CT molecular complexity index is 543. The van der Waals surface area contributed by atoms with E-state index in [0.717, 1.165) is 6.54 Å². The van der Waals surface area contributed by atoms with Gasteiger partial charge in [0, 0.05) is 18.7 Å². The fourth-order valence-electron chi connectivity index (χ4n) is 2.78. The summed E-state index contributed by atoms with van der Waals surface area (Å²) in [6, 6.07) is 6.41. The van der Waals surface area contributed by atoms with Gasteiger partial charge in [-0.25, -0.2) is 0 Å². The summed E-state index contributed by atoms with van der Waals surface area (Å²) in [6.45, 7) is 3.07. The molecule has 2 rings (SSSR count). The molecule has 0 amide bonds.